The van der Waals surface area contributed by atoms with Gasteiger partial charge in [-0.15, -0.1) is 0 Å². The molecule has 2 aliphatic rings. The van der Waals surface area contributed by atoms with Gasteiger partial charge in [-0.05, 0) is 49.4 Å². The van der Waals surface area contributed by atoms with Gasteiger partial charge in [-0.3, -0.25) is 4.79 Å². The first-order chi connectivity index (χ1) is 9.09. The Morgan fingerprint density at radius 3 is 2.45 bits per heavy atom. The average Bonchev–Trinajstić information content (AvgIpc) is 2.25. The summed E-state index contributed by atoms with van der Waals surface area (Å²) in [6.07, 6.45) is 5.63. The summed E-state index contributed by atoms with van der Waals surface area (Å²) in [6.45, 7) is 11.2. The predicted octanol–water partition coefficient (Wildman–Crippen LogP) is 3.12. The number of carbonyl (C=O) groups is 1. The molecule has 2 N–H and O–H groups in total. The molecule has 0 aromatic heterocycles. The van der Waals surface area contributed by atoms with Crippen molar-refractivity contribution in [3.05, 3.63) is 0 Å². The topological polar surface area (TPSA) is 49.3 Å². The van der Waals surface area contributed by atoms with E-state index >= 15 is 0 Å². The molecule has 0 bridgehead atoms. The minimum atomic E-state index is -0.666. The van der Waals surface area contributed by atoms with Crippen molar-refractivity contribution in [2.75, 3.05) is 6.54 Å². The van der Waals surface area contributed by atoms with Crippen LogP contribution in [0.25, 0.3) is 0 Å². The van der Waals surface area contributed by atoms with Crippen LogP contribution in [0.1, 0.15) is 66.7 Å². The monoisotopic (exact) mass is 281 g/mol. The summed E-state index contributed by atoms with van der Waals surface area (Å²) < 4.78 is 0. The van der Waals surface area contributed by atoms with Gasteiger partial charge in [0.05, 0.1) is 5.60 Å². The van der Waals surface area contributed by atoms with Gasteiger partial charge in [-0.1, -0.05) is 27.2 Å². The maximum absolute atomic E-state index is 11.3. The van der Waals surface area contributed by atoms with E-state index in [1.807, 2.05) is 6.92 Å². The molecule has 0 spiro atoms. The highest BCUT2D eigenvalue weighted by Crippen LogP contribution is 2.61. The van der Waals surface area contributed by atoms with Crippen LogP contribution < -0.4 is 5.32 Å². The zero-order valence-electron chi connectivity index (χ0n) is 13.8. The summed E-state index contributed by atoms with van der Waals surface area (Å²) in [4.78, 5) is 11.3. The fourth-order valence-corrected chi connectivity index (χ4v) is 5.32. The quantitative estimate of drug-likeness (QED) is 0.817. The van der Waals surface area contributed by atoms with Crippen molar-refractivity contribution in [2.45, 2.75) is 72.3 Å². The molecule has 0 aromatic carbocycles. The molecule has 0 aliphatic heterocycles. The van der Waals surface area contributed by atoms with Gasteiger partial charge < -0.3 is 10.4 Å². The smallest absolute Gasteiger partial charge is 0.216 e. The number of aliphatic hydroxyl groups is 1. The van der Waals surface area contributed by atoms with E-state index in [0.717, 1.165) is 12.8 Å². The Bertz CT molecular complexity index is 388. The molecule has 0 radical (unpaired) electrons. The lowest BCUT2D eigenvalue weighted by Crippen LogP contribution is -2.60. The maximum Gasteiger partial charge on any atom is 0.216 e. The number of carbonyl (C=O) groups excluding carboxylic acids is 1. The van der Waals surface area contributed by atoms with Crippen molar-refractivity contribution in [1.29, 1.82) is 0 Å². The van der Waals surface area contributed by atoms with E-state index in [9.17, 15) is 9.90 Å². The van der Waals surface area contributed by atoms with Crippen molar-refractivity contribution in [3.63, 3.8) is 0 Å². The molecular formula is C17H31NO2. The molecular weight excluding hydrogens is 250 g/mol. The first-order valence-electron chi connectivity index (χ1n) is 8.06. The van der Waals surface area contributed by atoms with Crippen LogP contribution in [0.15, 0.2) is 0 Å². The van der Waals surface area contributed by atoms with Crippen molar-refractivity contribution < 1.29 is 9.90 Å². The van der Waals surface area contributed by atoms with Crippen LogP contribution in [-0.2, 0) is 4.79 Å². The molecule has 116 valence electrons. The Kier molecular flexibility index (Phi) is 3.96. The highest BCUT2D eigenvalue weighted by atomic mass is 16.3. The van der Waals surface area contributed by atoms with Crippen LogP contribution in [0.5, 0.6) is 0 Å². The van der Waals surface area contributed by atoms with E-state index in [-0.39, 0.29) is 17.2 Å². The van der Waals surface area contributed by atoms with Crippen molar-refractivity contribution >= 4 is 5.91 Å². The molecule has 3 nitrogen and oxygen atoms in total. The Morgan fingerprint density at radius 2 is 1.85 bits per heavy atom. The molecule has 3 heteroatoms. The second-order valence-corrected chi connectivity index (χ2v) is 8.29. The number of nitrogens with one attached hydrogen (secondary N) is 1. The van der Waals surface area contributed by atoms with Crippen molar-refractivity contribution in [1.82, 2.24) is 5.32 Å². The molecule has 2 rings (SSSR count). The van der Waals surface area contributed by atoms with Gasteiger partial charge in [0.15, 0.2) is 0 Å². The number of fused-ring (bicyclic) bond motifs is 1. The van der Waals surface area contributed by atoms with E-state index in [4.69, 9.17) is 0 Å². The van der Waals surface area contributed by atoms with Crippen molar-refractivity contribution in [2.24, 2.45) is 22.7 Å². The molecule has 0 heterocycles. The lowest BCUT2D eigenvalue weighted by atomic mass is 9.45. The number of hydrogen-bond donors (Lipinski definition) is 2. The van der Waals surface area contributed by atoms with Crippen molar-refractivity contribution in [3.8, 4) is 0 Å². The minimum Gasteiger partial charge on any atom is -0.390 e. The molecule has 2 aliphatic carbocycles. The molecule has 2 fully saturated rings. The summed E-state index contributed by atoms with van der Waals surface area (Å²) in [6, 6.07) is 0. The predicted molar refractivity (Wildman–Crippen MR) is 81.3 cm³/mol. The van der Waals surface area contributed by atoms with Crippen LogP contribution in [-0.4, -0.2) is 23.2 Å². The Labute approximate surface area is 123 Å². The fourth-order valence-electron chi connectivity index (χ4n) is 5.32. The van der Waals surface area contributed by atoms with Gasteiger partial charge in [0, 0.05) is 19.4 Å². The van der Waals surface area contributed by atoms with E-state index in [1.165, 1.54) is 19.3 Å². The molecule has 4 atom stereocenters. The Hall–Kier alpha value is -0.570. The zero-order chi connectivity index (χ0) is 15.2. The van der Waals surface area contributed by atoms with E-state index in [1.54, 1.807) is 6.92 Å². The van der Waals surface area contributed by atoms with Crippen LogP contribution in [0, 0.1) is 22.7 Å². The summed E-state index contributed by atoms with van der Waals surface area (Å²) >= 11 is 0. The Morgan fingerprint density at radius 1 is 1.20 bits per heavy atom. The fraction of sp³-hybridized carbons (Fsp3) is 0.941. The third-order valence-corrected chi connectivity index (χ3v) is 6.32. The average molecular weight is 281 g/mol. The van der Waals surface area contributed by atoms with E-state index in [0.29, 0.717) is 17.9 Å². The number of rotatable bonds is 2. The van der Waals surface area contributed by atoms with Crippen LogP contribution in [0.2, 0.25) is 0 Å². The lowest BCUT2D eigenvalue weighted by molar-refractivity contribution is -0.165. The maximum atomic E-state index is 11.3. The summed E-state index contributed by atoms with van der Waals surface area (Å²) in [5, 5.41) is 13.8. The molecule has 1 unspecified atom stereocenters. The normalized spacial score (nSPS) is 43.7. The van der Waals surface area contributed by atoms with Gasteiger partial charge in [0.25, 0.3) is 0 Å². The SMILES string of the molecule is CC(=O)NC[C@@H]1[C@@]2(C)CCCC(C)(C)C2CC[C@@]1(C)O. The minimum absolute atomic E-state index is 0.00148. The van der Waals surface area contributed by atoms with Gasteiger partial charge in [0.1, 0.15) is 0 Å². The highest BCUT2D eigenvalue weighted by Gasteiger charge is 2.57. The third kappa shape index (κ3) is 2.61. The molecule has 0 saturated heterocycles. The largest absolute Gasteiger partial charge is 0.390 e. The molecule has 0 aromatic rings. The van der Waals surface area contributed by atoms with Gasteiger partial charge in [-0.25, -0.2) is 0 Å². The third-order valence-electron chi connectivity index (χ3n) is 6.32. The van der Waals surface area contributed by atoms with Gasteiger partial charge >= 0.3 is 0 Å². The molecule has 2 saturated carbocycles. The number of hydrogen-bond acceptors (Lipinski definition) is 2. The van der Waals surface area contributed by atoms with Crippen LogP contribution in [0.3, 0.4) is 0 Å². The summed E-state index contributed by atoms with van der Waals surface area (Å²) in [5.41, 5.74) is -0.189. The first kappa shape index (κ1) is 15.8. The zero-order valence-corrected chi connectivity index (χ0v) is 13.8. The first-order valence-corrected chi connectivity index (χ1v) is 8.06. The number of amides is 1. The standard InChI is InChI=1S/C17H31NO2/c1-12(19)18-11-14-16(4)9-6-8-15(2,3)13(16)7-10-17(14,5)20/h13-14,20H,6-11H2,1-5H3,(H,18,19)/t13?,14-,16+,17-/m1/s1. The van der Waals surface area contributed by atoms with Crippen LogP contribution in [0.4, 0.5) is 0 Å². The highest BCUT2D eigenvalue weighted by molar-refractivity contribution is 5.72. The summed E-state index contributed by atoms with van der Waals surface area (Å²) in [5.74, 6) is 0.793. The lowest BCUT2D eigenvalue weighted by Gasteiger charge is -2.61. The van der Waals surface area contributed by atoms with E-state index in [2.05, 4.69) is 26.1 Å². The molecule has 1 amide bonds. The van der Waals surface area contributed by atoms with Gasteiger partial charge in [-0.2, -0.15) is 0 Å². The van der Waals surface area contributed by atoms with Gasteiger partial charge in [0.2, 0.25) is 5.91 Å². The second-order valence-electron chi connectivity index (χ2n) is 8.29. The van der Waals surface area contributed by atoms with Crippen LogP contribution >= 0.6 is 0 Å². The second kappa shape index (κ2) is 5.01. The summed E-state index contributed by atoms with van der Waals surface area (Å²) in [7, 11) is 0. The van der Waals surface area contributed by atoms with E-state index < -0.39 is 5.60 Å². The molecule has 20 heavy (non-hydrogen) atoms. The Balaban J connectivity index is 2.30.